The number of aryl methyl sites for hydroxylation is 1. The summed E-state index contributed by atoms with van der Waals surface area (Å²) in [6.07, 6.45) is 3.55. The fraction of sp³-hybridized carbons (Fsp3) is 0.619. The monoisotopic (exact) mass is 404 g/mol. The summed E-state index contributed by atoms with van der Waals surface area (Å²) in [4.78, 5) is 14.5. The van der Waals surface area contributed by atoms with E-state index in [1.54, 1.807) is 32.2 Å². The average molecular weight is 404 g/mol. The Hall–Kier alpha value is -2.19. The van der Waals surface area contributed by atoms with E-state index in [-0.39, 0.29) is 18.1 Å². The molecular formula is C21H29FN4O3. The molecule has 2 aliphatic rings. The molecule has 0 amide bonds. The van der Waals surface area contributed by atoms with Crippen LogP contribution in [0.15, 0.2) is 29.1 Å². The summed E-state index contributed by atoms with van der Waals surface area (Å²) >= 11 is 0. The molecule has 0 radical (unpaired) electrons. The van der Waals surface area contributed by atoms with Crippen molar-refractivity contribution in [3.8, 4) is 5.75 Å². The molecule has 29 heavy (non-hydrogen) atoms. The number of benzene rings is 1. The number of piperidine rings is 1. The smallest absolute Gasteiger partial charge is 0.345 e. The van der Waals surface area contributed by atoms with Crippen LogP contribution in [0.25, 0.3) is 0 Å². The van der Waals surface area contributed by atoms with Gasteiger partial charge in [0.15, 0.2) is 11.6 Å². The number of fused-ring (bicyclic) bond motifs is 2. The molecule has 8 heteroatoms. The van der Waals surface area contributed by atoms with Gasteiger partial charge in [-0.25, -0.2) is 13.9 Å². The Bertz CT molecular complexity index is 898. The van der Waals surface area contributed by atoms with Gasteiger partial charge in [0, 0.05) is 25.7 Å². The minimum Gasteiger partial charge on any atom is -0.490 e. The summed E-state index contributed by atoms with van der Waals surface area (Å²) in [5.41, 5.74) is -0.200. The van der Waals surface area contributed by atoms with Gasteiger partial charge < -0.3 is 9.84 Å². The second-order valence-corrected chi connectivity index (χ2v) is 8.39. The molecule has 158 valence electrons. The first kappa shape index (κ1) is 20.1. The van der Waals surface area contributed by atoms with Gasteiger partial charge in [-0.2, -0.15) is 5.10 Å². The Morgan fingerprint density at radius 2 is 1.93 bits per heavy atom. The van der Waals surface area contributed by atoms with Crippen molar-refractivity contribution in [1.29, 1.82) is 0 Å². The summed E-state index contributed by atoms with van der Waals surface area (Å²) in [6.45, 7) is 3.04. The van der Waals surface area contributed by atoms with Crippen molar-refractivity contribution in [1.82, 2.24) is 19.2 Å². The Morgan fingerprint density at radius 1 is 1.24 bits per heavy atom. The van der Waals surface area contributed by atoms with Gasteiger partial charge in [0.1, 0.15) is 5.82 Å². The summed E-state index contributed by atoms with van der Waals surface area (Å²) in [5.74, 6) is 1.02. The normalized spacial score (nSPS) is 25.3. The molecule has 3 heterocycles. The molecule has 2 fully saturated rings. The van der Waals surface area contributed by atoms with Gasteiger partial charge in [0.25, 0.3) is 0 Å². The predicted molar refractivity (Wildman–Crippen MR) is 106 cm³/mol. The van der Waals surface area contributed by atoms with Gasteiger partial charge in [0.05, 0.1) is 19.3 Å². The number of halogens is 1. The topological polar surface area (TPSA) is 72.5 Å². The molecule has 2 aromatic rings. The maximum absolute atomic E-state index is 13.8. The minimum atomic E-state index is -0.642. The fourth-order valence-electron chi connectivity index (χ4n) is 4.81. The van der Waals surface area contributed by atoms with E-state index in [1.165, 1.54) is 15.3 Å². The van der Waals surface area contributed by atoms with Crippen LogP contribution in [-0.2, 0) is 13.6 Å². The molecule has 1 N–H and O–H groups in total. The molecular weight excluding hydrogens is 375 g/mol. The highest BCUT2D eigenvalue weighted by Crippen LogP contribution is 2.39. The average Bonchev–Trinajstić information content (AvgIpc) is 3.06. The van der Waals surface area contributed by atoms with Crippen LogP contribution in [0.3, 0.4) is 0 Å². The zero-order valence-corrected chi connectivity index (χ0v) is 17.0. The molecule has 1 aromatic carbocycles. The van der Waals surface area contributed by atoms with Crippen LogP contribution >= 0.6 is 0 Å². The second-order valence-electron chi connectivity index (χ2n) is 8.39. The van der Waals surface area contributed by atoms with Crippen LogP contribution in [0.4, 0.5) is 4.39 Å². The van der Waals surface area contributed by atoms with Crippen molar-refractivity contribution >= 4 is 0 Å². The van der Waals surface area contributed by atoms with Crippen LogP contribution in [-0.4, -0.2) is 55.7 Å². The largest absolute Gasteiger partial charge is 0.490 e. The number of aliphatic hydroxyl groups is 1. The van der Waals surface area contributed by atoms with Crippen LogP contribution in [0.2, 0.25) is 0 Å². The summed E-state index contributed by atoms with van der Waals surface area (Å²) in [6, 6.07) is 7.32. The van der Waals surface area contributed by atoms with Crippen molar-refractivity contribution in [2.75, 3.05) is 13.2 Å². The maximum Gasteiger partial charge on any atom is 0.345 e. The standard InChI is InChI=1S/C21H29FN4O3/c1-14-23-26(21(28)24(14)2)12-18(27)11-25-16-7-8-17(25)10-15(9-16)13-29-20-6-4-3-5-19(20)22/h3-6,15-18,27H,7-13H2,1-2H3. The lowest BCUT2D eigenvalue weighted by atomic mass is 9.91. The third kappa shape index (κ3) is 4.23. The van der Waals surface area contributed by atoms with Gasteiger partial charge in [-0.3, -0.25) is 9.47 Å². The Balaban J connectivity index is 1.31. The molecule has 3 atom stereocenters. The van der Waals surface area contributed by atoms with Gasteiger partial charge in [0.2, 0.25) is 0 Å². The van der Waals surface area contributed by atoms with E-state index in [0.717, 1.165) is 25.7 Å². The number of hydrogen-bond acceptors (Lipinski definition) is 5. The number of aliphatic hydroxyl groups excluding tert-OH is 1. The summed E-state index contributed by atoms with van der Waals surface area (Å²) in [7, 11) is 1.68. The van der Waals surface area contributed by atoms with Crippen LogP contribution in [0.1, 0.15) is 31.5 Å². The van der Waals surface area contributed by atoms with E-state index >= 15 is 0 Å². The number of aromatic nitrogens is 3. The quantitative estimate of drug-likeness (QED) is 0.761. The van der Waals surface area contributed by atoms with Crippen molar-refractivity contribution in [3.63, 3.8) is 0 Å². The second kappa shape index (κ2) is 8.28. The highest BCUT2D eigenvalue weighted by molar-refractivity contribution is 5.23. The number of ether oxygens (including phenoxy) is 1. The first-order valence-corrected chi connectivity index (χ1v) is 10.3. The van der Waals surface area contributed by atoms with Crippen molar-refractivity contribution < 1.29 is 14.2 Å². The molecule has 2 saturated heterocycles. The summed E-state index contributed by atoms with van der Waals surface area (Å²) < 4.78 is 22.3. The fourth-order valence-corrected chi connectivity index (χ4v) is 4.81. The lowest BCUT2D eigenvalue weighted by Crippen LogP contribution is -2.48. The van der Waals surface area contributed by atoms with Crippen molar-refractivity contribution in [3.05, 3.63) is 46.4 Å². The van der Waals surface area contributed by atoms with Gasteiger partial charge in [-0.15, -0.1) is 0 Å². The zero-order valence-electron chi connectivity index (χ0n) is 17.0. The third-order valence-electron chi connectivity index (χ3n) is 6.36. The van der Waals surface area contributed by atoms with E-state index in [2.05, 4.69) is 10.00 Å². The Labute approximate surface area is 169 Å². The van der Waals surface area contributed by atoms with E-state index in [4.69, 9.17) is 4.74 Å². The number of para-hydroxylation sites is 1. The number of rotatable bonds is 7. The molecule has 0 saturated carbocycles. The van der Waals surface area contributed by atoms with E-state index < -0.39 is 6.10 Å². The predicted octanol–water partition coefficient (Wildman–Crippen LogP) is 1.71. The van der Waals surface area contributed by atoms with Crippen LogP contribution in [0.5, 0.6) is 5.75 Å². The summed E-state index contributed by atoms with van der Waals surface area (Å²) in [5, 5.41) is 14.8. The number of hydrogen-bond donors (Lipinski definition) is 1. The van der Waals surface area contributed by atoms with Crippen LogP contribution < -0.4 is 10.4 Å². The van der Waals surface area contributed by atoms with Gasteiger partial charge >= 0.3 is 5.69 Å². The minimum absolute atomic E-state index is 0.200. The van der Waals surface area contributed by atoms with Crippen molar-refractivity contribution in [2.45, 2.75) is 57.3 Å². The molecule has 1 aromatic heterocycles. The third-order valence-corrected chi connectivity index (χ3v) is 6.36. The highest BCUT2D eigenvalue weighted by Gasteiger charge is 2.41. The SMILES string of the molecule is Cc1nn(CC(O)CN2C3CCC2CC(COc2ccccc2F)C3)c(=O)n1C. The molecule has 0 spiro atoms. The molecule has 4 rings (SSSR count). The maximum atomic E-state index is 13.8. The van der Waals surface area contributed by atoms with Crippen LogP contribution in [0, 0.1) is 18.7 Å². The zero-order chi connectivity index (χ0) is 20.5. The Morgan fingerprint density at radius 3 is 2.55 bits per heavy atom. The Kier molecular flexibility index (Phi) is 5.74. The van der Waals surface area contributed by atoms with E-state index in [0.29, 0.717) is 42.7 Å². The van der Waals surface area contributed by atoms with Crippen molar-refractivity contribution in [2.24, 2.45) is 13.0 Å². The molecule has 0 aliphatic carbocycles. The lowest BCUT2D eigenvalue weighted by molar-refractivity contribution is 0.0275. The first-order chi connectivity index (χ1) is 13.9. The molecule has 7 nitrogen and oxygen atoms in total. The highest BCUT2D eigenvalue weighted by atomic mass is 19.1. The lowest BCUT2D eigenvalue weighted by Gasteiger charge is -2.39. The first-order valence-electron chi connectivity index (χ1n) is 10.3. The van der Waals surface area contributed by atoms with Gasteiger partial charge in [-0.05, 0) is 50.7 Å². The van der Waals surface area contributed by atoms with E-state index in [1.807, 2.05) is 0 Å². The molecule has 3 unspecified atom stereocenters. The van der Waals surface area contributed by atoms with E-state index in [9.17, 15) is 14.3 Å². The molecule has 2 aliphatic heterocycles. The van der Waals surface area contributed by atoms with Gasteiger partial charge in [-0.1, -0.05) is 12.1 Å². The number of nitrogens with zero attached hydrogens (tertiary/aromatic N) is 4. The molecule has 2 bridgehead atoms.